The highest BCUT2D eigenvalue weighted by Crippen LogP contribution is 2.30. The third-order valence-corrected chi connectivity index (χ3v) is 5.15. The smallest absolute Gasteiger partial charge is 0.329 e. The summed E-state index contributed by atoms with van der Waals surface area (Å²) < 4.78 is 5.85. The van der Waals surface area contributed by atoms with E-state index in [1.54, 1.807) is 6.08 Å². The van der Waals surface area contributed by atoms with Gasteiger partial charge >= 0.3 is 5.97 Å². The van der Waals surface area contributed by atoms with E-state index >= 15 is 0 Å². The number of hydrogen-bond acceptors (Lipinski definition) is 5. The van der Waals surface area contributed by atoms with Crippen molar-refractivity contribution >= 4 is 50.9 Å². The SMILES string of the molecule is CC1=CC(=O)C(C(=O)/C=C/c2ccc(-c3cccc(Br)c3)s2)C(=O)O1. The quantitative estimate of drug-likeness (QED) is 0.420. The highest BCUT2D eigenvalue weighted by molar-refractivity contribution is 9.10. The van der Waals surface area contributed by atoms with Crippen molar-refractivity contribution in [3.05, 3.63) is 63.7 Å². The first kappa shape index (κ1) is 17.5. The summed E-state index contributed by atoms with van der Waals surface area (Å²) in [6.07, 6.45) is 4.05. The second-order valence-electron chi connectivity index (χ2n) is 5.46. The average molecular weight is 417 g/mol. The van der Waals surface area contributed by atoms with Crippen LogP contribution in [0, 0.1) is 5.92 Å². The number of cyclic esters (lactones) is 1. The first-order valence-electron chi connectivity index (χ1n) is 7.45. The van der Waals surface area contributed by atoms with E-state index in [9.17, 15) is 14.4 Å². The van der Waals surface area contributed by atoms with Gasteiger partial charge in [0.25, 0.3) is 0 Å². The second-order valence-corrected chi connectivity index (χ2v) is 7.49. The maximum absolute atomic E-state index is 12.2. The zero-order valence-corrected chi connectivity index (χ0v) is 15.6. The molecule has 0 amide bonds. The molecule has 0 saturated heterocycles. The van der Waals surface area contributed by atoms with Crippen LogP contribution in [0.15, 0.2) is 58.8 Å². The Labute approximate surface area is 156 Å². The first-order chi connectivity index (χ1) is 11.9. The van der Waals surface area contributed by atoms with Crippen LogP contribution in [-0.2, 0) is 19.1 Å². The Morgan fingerprint density at radius 2 is 2.04 bits per heavy atom. The van der Waals surface area contributed by atoms with Crippen LogP contribution in [-0.4, -0.2) is 17.5 Å². The van der Waals surface area contributed by atoms with E-state index in [4.69, 9.17) is 4.74 Å². The molecule has 1 aromatic heterocycles. The maximum atomic E-state index is 12.2. The van der Waals surface area contributed by atoms with E-state index in [2.05, 4.69) is 15.9 Å². The lowest BCUT2D eigenvalue weighted by molar-refractivity contribution is -0.151. The summed E-state index contributed by atoms with van der Waals surface area (Å²) in [6.45, 7) is 1.50. The van der Waals surface area contributed by atoms with E-state index in [0.717, 1.165) is 19.8 Å². The average Bonchev–Trinajstić information content (AvgIpc) is 3.01. The van der Waals surface area contributed by atoms with Crippen molar-refractivity contribution in [2.75, 3.05) is 0 Å². The highest BCUT2D eigenvalue weighted by atomic mass is 79.9. The monoisotopic (exact) mass is 416 g/mol. The first-order valence-corrected chi connectivity index (χ1v) is 9.06. The molecule has 1 aromatic carbocycles. The molecule has 0 spiro atoms. The molecule has 0 saturated carbocycles. The minimum absolute atomic E-state index is 0.208. The number of allylic oxidation sites excluding steroid dienone is 3. The number of carbonyl (C=O) groups is 3. The number of rotatable bonds is 4. The molecule has 1 atom stereocenters. The van der Waals surface area contributed by atoms with Crippen molar-refractivity contribution in [2.24, 2.45) is 5.92 Å². The van der Waals surface area contributed by atoms with Gasteiger partial charge in [-0.05, 0) is 48.9 Å². The Balaban J connectivity index is 1.76. The Morgan fingerprint density at radius 1 is 1.24 bits per heavy atom. The molecule has 0 N–H and O–H groups in total. The molecule has 1 aliphatic heterocycles. The highest BCUT2D eigenvalue weighted by Gasteiger charge is 2.36. The molecule has 0 aliphatic carbocycles. The summed E-state index contributed by atoms with van der Waals surface area (Å²) in [5.41, 5.74) is 1.07. The number of hydrogen-bond donors (Lipinski definition) is 0. The molecular formula is C19H13BrO4S. The molecule has 0 fully saturated rings. The number of ketones is 2. The Bertz CT molecular complexity index is 923. The Morgan fingerprint density at radius 3 is 2.76 bits per heavy atom. The summed E-state index contributed by atoms with van der Waals surface area (Å²) in [6, 6.07) is 11.8. The number of halogens is 1. The van der Waals surface area contributed by atoms with Gasteiger partial charge in [-0.3, -0.25) is 14.4 Å². The maximum Gasteiger partial charge on any atom is 0.329 e. The number of carbonyl (C=O) groups excluding carboxylic acids is 3. The van der Waals surface area contributed by atoms with E-state index in [-0.39, 0.29) is 5.76 Å². The van der Waals surface area contributed by atoms with Crippen molar-refractivity contribution in [3.63, 3.8) is 0 Å². The van der Waals surface area contributed by atoms with Gasteiger partial charge in [0.15, 0.2) is 17.5 Å². The van der Waals surface area contributed by atoms with Gasteiger partial charge in [-0.2, -0.15) is 0 Å². The van der Waals surface area contributed by atoms with Crippen LogP contribution in [0.2, 0.25) is 0 Å². The summed E-state index contributed by atoms with van der Waals surface area (Å²) in [5, 5.41) is 0. The zero-order valence-electron chi connectivity index (χ0n) is 13.2. The van der Waals surface area contributed by atoms with Crippen molar-refractivity contribution in [1.82, 2.24) is 0 Å². The summed E-state index contributed by atoms with van der Waals surface area (Å²) in [7, 11) is 0. The van der Waals surface area contributed by atoms with Crippen LogP contribution >= 0.6 is 27.3 Å². The number of esters is 1. The van der Waals surface area contributed by atoms with Crippen LogP contribution in [0.5, 0.6) is 0 Å². The third-order valence-electron chi connectivity index (χ3n) is 3.56. The number of ether oxygens (including phenoxy) is 1. The lowest BCUT2D eigenvalue weighted by Gasteiger charge is -2.15. The van der Waals surface area contributed by atoms with Gasteiger partial charge in [-0.1, -0.05) is 28.1 Å². The van der Waals surface area contributed by atoms with Crippen LogP contribution in [0.1, 0.15) is 11.8 Å². The van der Waals surface area contributed by atoms with E-state index in [1.807, 2.05) is 36.4 Å². The predicted molar refractivity (Wildman–Crippen MR) is 99.8 cm³/mol. The molecule has 126 valence electrons. The van der Waals surface area contributed by atoms with Gasteiger partial charge in [-0.25, -0.2) is 0 Å². The van der Waals surface area contributed by atoms with Crippen molar-refractivity contribution in [3.8, 4) is 10.4 Å². The molecule has 6 heteroatoms. The minimum atomic E-state index is -1.40. The third kappa shape index (κ3) is 4.03. The summed E-state index contributed by atoms with van der Waals surface area (Å²) >= 11 is 4.95. The van der Waals surface area contributed by atoms with Gasteiger partial charge in [0.2, 0.25) is 0 Å². The predicted octanol–water partition coefficient (Wildman–Crippen LogP) is 4.41. The molecule has 2 aromatic rings. The second kappa shape index (κ2) is 7.29. The molecule has 4 nitrogen and oxygen atoms in total. The number of thiophene rings is 1. The molecule has 0 bridgehead atoms. The Kier molecular flexibility index (Phi) is 5.11. The van der Waals surface area contributed by atoms with Gasteiger partial charge in [0, 0.05) is 20.3 Å². The van der Waals surface area contributed by atoms with Crippen LogP contribution in [0.3, 0.4) is 0 Å². The lowest BCUT2D eigenvalue weighted by Crippen LogP contribution is -2.34. The van der Waals surface area contributed by atoms with E-state index in [1.165, 1.54) is 30.4 Å². The summed E-state index contributed by atoms with van der Waals surface area (Å²) in [5.74, 6) is -3.12. The standard InChI is InChI=1S/C19H13BrO4S/c1-11-9-16(22)18(19(23)24-11)15(21)7-5-14-6-8-17(25-14)12-3-2-4-13(20)10-12/h2-10,18H,1H3/b7-5+. The van der Waals surface area contributed by atoms with E-state index in [0.29, 0.717) is 0 Å². The van der Waals surface area contributed by atoms with Gasteiger partial charge in [0.05, 0.1) is 0 Å². The molecular weight excluding hydrogens is 404 g/mol. The van der Waals surface area contributed by atoms with Gasteiger partial charge in [0.1, 0.15) is 5.76 Å². The fourth-order valence-electron chi connectivity index (χ4n) is 2.40. The molecule has 25 heavy (non-hydrogen) atoms. The van der Waals surface area contributed by atoms with Crippen LogP contribution in [0.25, 0.3) is 16.5 Å². The normalized spacial score (nSPS) is 17.5. The summed E-state index contributed by atoms with van der Waals surface area (Å²) in [4.78, 5) is 37.7. The fraction of sp³-hybridized carbons (Fsp3) is 0.105. The van der Waals surface area contributed by atoms with Crippen LogP contribution < -0.4 is 0 Å². The fourth-order valence-corrected chi connectivity index (χ4v) is 3.71. The molecule has 1 aliphatic rings. The van der Waals surface area contributed by atoms with Crippen molar-refractivity contribution < 1.29 is 19.1 Å². The zero-order chi connectivity index (χ0) is 18.0. The molecule has 0 radical (unpaired) electrons. The van der Waals surface area contributed by atoms with Gasteiger partial charge < -0.3 is 4.74 Å². The van der Waals surface area contributed by atoms with Gasteiger partial charge in [-0.15, -0.1) is 11.3 Å². The number of benzene rings is 1. The largest absolute Gasteiger partial charge is 0.430 e. The van der Waals surface area contributed by atoms with Crippen molar-refractivity contribution in [1.29, 1.82) is 0 Å². The lowest BCUT2D eigenvalue weighted by atomic mass is 9.96. The van der Waals surface area contributed by atoms with E-state index < -0.39 is 23.5 Å². The molecule has 2 heterocycles. The minimum Gasteiger partial charge on any atom is -0.430 e. The van der Waals surface area contributed by atoms with Crippen molar-refractivity contribution in [2.45, 2.75) is 6.92 Å². The topological polar surface area (TPSA) is 60.4 Å². The molecule has 3 rings (SSSR count). The Hall–Kier alpha value is -2.31. The van der Waals surface area contributed by atoms with Crippen LogP contribution in [0.4, 0.5) is 0 Å². The molecule has 1 unspecified atom stereocenters.